The molecule has 0 amide bonds. The third kappa shape index (κ3) is 1.66. The monoisotopic (exact) mass is 315 g/mol. The lowest BCUT2D eigenvalue weighted by Gasteiger charge is -2.10. The predicted molar refractivity (Wildman–Crippen MR) is 89.7 cm³/mol. The molecule has 2 saturated carbocycles. The molecule has 0 saturated heterocycles. The summed E-state index contributed by atoms with van der Waals surface area (Å²) < 4.78 is 1.85. The number of nitriles is 1. The van der Waals surface area contributed by atoms with Gasteiger partial charge in [-0.25, -0.2) is 14.6 Å². The molecule has 5 nitrogen and oxygen atoms in total. The van der Waals surface area contributed by atoms with E-state index in [1.165, 1.54) is 12.8 Å². The van der Waals surface area contributed by atoms with E-state index < -0.39 is 0 Å². The molecule has 0 aliphatic heterocycles. The molecule has 2 aliphatic carbocycles. The third-order valence-corrected chi connectivity index (χ3v) is 5.66. The molecular formula is C19H17N5. The number of fused-ring (bicyclic) bond motifs is 1. The lowest BCUT2D eigenvalue weighted by Crippen LogP contribution is -2.08. The topological polar surface area (TPSA) is 67.4 Å². The van der Waals surface area contributed by atoms with Crippen molar-refractivity contribution in [2.75, 3.05) is 0 Å². The van der Waals surface area contributed by atoms with Gasteiger partial charge in [0.1, 0.15) is 5.82 Å². The predicted octanol–water partition coefficient (Wildman–Crippen LogP) is 3.38. The number of nitrogens with zero attached hydrogens (tertiary/aromatic N) is 5. The summed E-state index contributed by atoms with van der Waals surface area (Å²) >= 11 is 0. The van der Waals surface area contributed by atoms with Crippen LogP contribution in [0.5, 0.6) is 0 Å². The molecule has 1 aromatic carbocycles. The van der Waals surface area contributed by atoms with Crippen LogP contribution < -0.4 is 0 Å². The van der Waals surface area contributed by atoms with Crippen LogP contribution in [0.15, 0.2) is 30.5 Å². The van der Waals surface area contributed by atoms with Crippen LogP contribution in [0.25, 0.3) is 16.7 Å². The fraction of sp³-hybridized carbons (Fsp3) is 0.368. The number of hydrogen-bond donors (Lipinski definition) is 0. The first kappa shape index (κ1) is 13.7. The average Bonchev–Trinajstić information content (AvgIpc) is 3.43. The van der Waals surface area contributed by atoms with Gasteiger partial charge in [-0.05, 0) is 50.2 Å². The molecule has 5 rings (SSSR count). The fourth-order valence-electron chi connectivity index (χ4n) is 4.12. The van der Waals surface area contributed by atoms with Gasteiger partial charge in [0.15, 0.2) is 5.82 Å². The Morgan fingerprint density at radius 3 is 2.67 bits per heavy atom. The van der Waals surface area contributed by atoms with E-state index in [0.29, 0.717) is 0 Å². The molecule has 24 heavy (non-hydrogen) atoms. The van der Waals surface area contributed by atoms with Crippen LogP contribution >= 0.6 is 0 Å². The minimum atomic E-state index is -0.284. The molecule has 0 radical (unpaired) electrons. The summed E-state index contributed by atoms with van der Waals surface area (Å²) in [6.45, 7) is 3.85. The van der Waals surface area contributed by atoms with Crippen molar-refractivity contribution in [3.8, 4) is 11.9 Å². The maximum absolute atomic E-state index is 9.77. The van der Waals surface area contributed by atoms with Crippen LogP contribution in [0.1, 0.15) is 36.3 Å². The van der Waals surface area contributed by atoms with Crippen molar-refractivity contribution < 1.29 is 0 Å². The Hall–Kier alpha value is -2.74. The highest BCUT2D eigenvalue weighted by molar-refractivity contribution is 5.81. The Kier molecular flexibility index (Phi) is 2.40. The normalized spacial score (nSPS) is 23.4. The second-order valence-corrected chi connectivity index (χ2v) is 7.22. The number of rotatable bonds is 2. The van der Waals surface area contributed by atoms with Crippen molar-refractivity contribution in [1.82, 2.24) is 19.7 Å². The van der Waals surface area contributed by atoms with E-state index in [-0.39, 0.29) is 10.8 Å². The maximum Gasteiger partial charge on any atom is 0.157 e. The smallest absolute Gasteiger partial charge is 0.157 e. The van der Waals surface area contributed by atoms with Crippen molar-refractivity contribution in [3.63, 3.8) is 0 Å². The zero-order valence-electron chi connectivity index (χ0n) is 13.7. The summed E-state index contributed by atoms with van der Waals surface area (Å²) in [7, 11) is 0. The molecule has 1 atom stereocenters. The van der Waals surface area contributed by atoms with Crippen molar-refractivity contribution >= 4 is 10.9 Å². The van der Waals surface area contributed by atoms with Crippen LogP contribution in [0.3, 0.4) is 0 Å². The molecule has 5 heteroatoms. The third-order valence-electron chi connectivity index (χ3n) is 5.66. The van der Waals surface area contributed by atoms with Gasteiger partial charge in [0.25, 0.3) is 0 Å². The average molecular weight is 315 g/mol. The van der Waals surface area contributed by atoms with Gasteiger partial charge in [-0.15, -0.1) is 0 Å². The largest absolute Gasteiger partial charge is 0.238 e. The summed E-state index contributed by atoms with van der Waals surface area (Å²) in [6, 6.07) is 10.8. The molecule has 118 valence electrons. The van der Waals surface area contributed by atoms with Crippen LogP contribution in [-0.2, 0) is 5.41 Å². The molecule has 2 fully saturated rings. The number of hydrogen-bond acceptors (Lipinski definition) is 4. The van der Waals surface area contributed by atoms with E-state index in [2.05, 4.69) is 39.3 Å². The molecule has 2 heterocycles. The summed E-state index contributed by atoms with van der Waals surface area (Å²) in [4.78, 5) is 8.86. The highest BCUT2D eigenvalue weighted by Crippen LogP contribution is 2.78. The lowest BCUT2D eigenvalue weighted by molar-refractivity contribution is 0.737. The van der Waals surface area contributed by atoms with E-state index in [1.807, 2.05) is 30.8 Å². The Labute approximate surface area is 140 Å². The first-order chi connectivity index (χ1) is 11.6. The summed E-state index contributed by atoms with van der Waals surface area (Å²) in [6.07, 6.45) is 5.22. The van der Waals surface area contributed by atoms with Gasteiger partial charge in [-0.2, -0.15) is 10.4 Å². The summed E-state index contributed by atoms with van der Waals surface area (Å²) in [5.74, 6) is 1.51. The molecule has 1 unspecified atom stereocenters. The second kappa shape index (κ2) is 4.21. The van der Waals surface area contributed by atoms with E-state index in [1.54, 1.807) is 0 Å². The van der Waals surface area contributed by atoms with Gasteiger partial charge in [0.2, 0.25) is 0 Å². The summed E-state index contributed by atoms with van der Waals surface area (Å²) in [5, 5.41) is 15.3. The Bertz CT molecular complexity index is 1020. The first-order valence-electron chi connectivity index (χ1n) is 8.29. The lowest BCUT2D eigenvalue weighted by atomic mass is 9.93. The molecule has 0 bridgehead atoms. The second-order valence-electron chi connectivity index (χ2n) is 7.22. The van der Waals surface area contributed by atoms with Crippen molar-refractivity contribution in [3.05, 3.63) is 47.5 Å². The molecule has 3 aromatic rings. The minimum Gasteiger partial charge on any atom is -0.238 e. The van der Waals surface area contributed by atoms with Gasteiger partial charge in [-0.1, -0.05) is 12.1 Å². The molecule has 1 spiro atoms. The molecule has 2 aromatic heterocycles. The van der Waals surface area contributed by atoms with Gasteiger partial charge in [0.05, 0.1) is 23.2 Å². The zero-order chi connectivity index (χ0) is 16.5. The van der Waals surface area contributed by atoms with Gasteiger partial charge in [-0.3, -0.25) is 0 Å². The van der Waals surface area contributed by atoms with Crippen LogP contribution in [-0.4, -0.2) is 19.7 Å². The fourth-order valence-corrected chi connectivity index (χ4v) is 4.12. The zero-order valence-corrected chi connectivity index (χ0v) is 13.7. The van der Waals surface area contributed by atoms with Crippen LogP contribution in [0.2, 0.25) is 0 Å². The number of benzene rings is 1. The van der Waals surface area contributed by atoms with Crippen LogP contribution in [0, 0.1) is 30.6 Å². The molecular weight excluding hydrogens is 298 g/mol. The van der Waals surface area contributed by atoms with E-state index in [9.17, 15) is 5.26 Å². The summed E-state index contributed by atoms with van der Waals surface area (Å²) in [5.41, 5.74) is 3.03. The SMILES string of the molecule is Cc1cc(-n2ncc3ccc(C4(C#N)CC45CC5)cc32)nc(C)n1. The highest BCUT2D eigenvalue weighted by Gasteiger charge is 2.75. The van der Waals surface area contributed by atoms with Crippen molar-refractivity contribution in [2.24, 2.45) is 5.41 Å². The number of aromatic nitrogens is 4. The molecule has 0 N–H and O–H groups in total. The molecule has 2 aliphatic rings. The van der Waals surface area contributed by atoms with E-state index in [4.69, 9.17) is 0 Å². The highest BCUT2D eigenvalue weighted by atomic mass is 15.3. The maximum atomic E-state index is 9.77. The van der Waals surface area contributed by atoms with Crippen LogP contribution in [0.4, 0.5) is 0 Å². The Morgan fingerprint density at radius 2 is 2.00 bits per heavy atom. The van der Waals surface area contributed by atoms with Gasteiger partial charge in [0, 0.05) is 17.1 Å². The van der Waals surface area contributed by atoms with E-state index >= 15 is 0 Å². The Balaban J connectivity index is 1.69. The van der Waals surface area contributed by atoms with Crippen molar-refractivity contribution in [1.29, 1.82) is 5.26 Å². The number of aryl methyl sites for hydroxylation is 2. The minimum absolute atomic E-state index is 0.266. The Morgan fingerprint density at radius 1 is 1.17 bits per heavy atom. The first-order valence-corrected chi connectivity index (χ1v) is 8.29. The standard InChI is InChI=1S/C19H17N5/c1-12-7-17(23-13(2)22-12)24-16-8-15(4-3-14(16)9-21-24)19(11-20)10-18(19)5-6-18/h3-4,7-9H,5-6,10H2,1-2H3. The van der Waals surface area contributed by atoms with Gasteiger partial charge >= 0.3 is 0 Å². The quantitative estimate of drug-likeness (QED) is 0.727. The van der Waals surface area contributed by atoms with Crippen molar-refractivity contribution in [2.45, 2.75) is 38.5 Å². The van der Waals surface area contributed by atoms with Gasteiger partial charge < -0.3 is 0 Å². The van der Waals surface area contributed by atoms with E-state index in [0.717, 1.165) is 40.2 Å².